The quantitative estimate of drug-likeness (QED) is 0.728. The van der Waals surface area contributed by atoms with E-state index in [4.69, 9.17) is 9.47 Å². The van der Waals surface area contributed by atoms with Gasteiger partial charge in [0.15, 0.2) is 11.5 Å². The van der Waals surface area contributed by atoms with E-state index in [-0.39, 0.29) is 11.4 Å². The van der Waals surface area contributed by atoms with Crippen LogP contribution >= 0.6 is 11.3 Å². The predicted molar refractivity (Wildman–Crippen MR) is 108 cm³/mol. The van der Waals surface area contributed by atoms with Gasteiger partial charge in [-0.15, -0.1) is 11.3 Å². The van der Waals surface area contributed by atoms with Gasteiger partial charge in [-0.2, -0.15) is 5.10 Å². The molecule has 0 spiro atoms. The van der Waals surface area contributed by atoms with E-state index in [1.165, 1.54) is 11.3 Å². The van der Waals surface area contributed by atoms with Gasteiger partial charge in [0, 0.05) is 12.4 Å². The van der Waals surface area contributed by atoms with Crippen LogP contribution in [0, 0.1) is 6.92 Å². The van der Waals surface area contributed by atoms with Crippen molar-refractivity contribution in [3.63, 3.8) is 0 Å². The number of nitrogens with one attached hydrogen (secondary N) is 1. The topological polar surface area (TPSA) is 65.4 Å². The lowest BCUT2D eigenvalue weighted by Crippen LogP contribution is -2.43. The first-order valence-electron chi connectivity index (χ1n) is 9.71. The van der Waals surface area contributed by atoms with Crippen molar-refractivity contribution >= 4 is 27.5 Å². The van der Waals surface area contributed by atoms with Crippen LogP contribution in [0.3, 0.4) is 0 Å². The highest BCUT2D eigenvalue weighted by atomic mass is 32.1. The summed E-state index contributed by atoms with van der Waals surface area (Å²) in [5.41, 5.74) is 1.70. The first kappa shape index (κ1) is 17.6. The Morgan fingerprint density at radius 3 is 2.68 bits per heavy atom. The number of hydrogen-bond acceptors (Lipinski definition) is 5. The van der Waals surface area contributed by atoms with Crippen LogP contribution in [-0.4, -0.2) is 28.9 Å². The van der Waals surface area contributed by atoms with E-state index in [0.29, 0.717) is 13.2 Å². The molecule has 1 aliphatic carbocycles. The number of hydrogen-bond donors (Lipinski definition) is 1. The minimum Gasteiger partial charge on any atom is -0.486 e. The fourth-order valence-corrected chi connectivity index (χ4v) is 5.42. The van der Waals surface area contributed by atoms with E-state index >= 15 is 0 Å². The summed E-state index contributed by atoms with van der Waals surface area (Å²) in [5, 5.41) is 8.85. The van der Waals surface area contributed by atoms with Gasteiger partial charge in [0.2, 0.25) is 0 Å². The van der Waals surface area contributed by atoms with Crippen LogP contribution in [-0.2, 0) is 12.6 Å². The van der Waals surface area contributed by atoms with E-state index in [2.05, 4.69) is 16.5 Å². The highest BCUT2D eigenvalue weighted by Crippen LogP contribution is 2.43. The third kappa shape index (κ3) is 2.76. The smallest absolute Gasteiger partial charge is 0.262 e. The van der Waals surface area contributed by atoms with E-state index in [9.17, 15) is 4.79 Å². The van der Waals surface area contributed by atoms with Crippen LogP contribution in [0.15, 0.2) is 24.3 Å². The highest BCUT2D eigenvalue weighted by Gasteiger charge is 2.38. The van der Waals surface area contributed by atoms with E-state index in [1.54, 1.807) is 0 Å². The molecule has 28 heavy (non-hydrogen) atoms. The van der Waals surface area contributed by atoms with Crippen molar-refractivity contribution in [2.45, 2.75) is 38.1 Å². The molecule has 1 amide bonds. The largest absolute Gasteiger partial charge is 0.486 e. The molecule has 1 N–H and O–H groups in total. The van der Waals surface area contributed by atoms with Gasteiger partial charge in [0.25, 0.3) is 5.91 Å². The minimum atomic E-state index is -0.351. The van der Waals surface area contributed by atoms with E-state index < -0.39 is 0 Å². The van der Waals surface area contributed by atoms with Crippen molar-refractivity contribution < 1.29 is 14.3 Å². The van der Waals surface area contributed by atoms with Gasteiger partial charge in [0.05, 0.1) is 16.1 Å². The molecule has 0 radical (unpaired) electrons. The molecule has 7 heteroatoms. The number of carbonyl (C=O) groups excluding carboxylic acids is 1. The van der Waals surface area contributed by atoms with Gasteiger partial charge in [-0.3, -0.25) is 9.48 Å². The summed E-state index contributed by atoms with van der Waals surface area (Å²) in [7, 11) is 1.92. The number of ether oxygens (including phenoxy) is 2. The Labute approximate surface area is 167 Å². The Morgan fingerprint density at radius 2 is 1.93 bits per heavy atom. The lowest BCUT2D eigenvalue weighted by Gasteiger charge is -2.32. The first-order valence-corrected chi connectivity index (χ1v) is 10.5. The zero-order valence-corrected chi connectivity index (χ0v) is 16.9. The van der Waals surface area contributed by atoms with Crippen LogP contribution in [0.5, 0.6) is 11.5 Å². The molecule has 1 aromatic carbocycles. The summed E-state index contributed by atoms with van der Waals surface area (Å²) in [5.74, 6) is 1.53. The van der Waals surface area contributed by atoms with Crippen molar-refractivity contribution in [3.05, 3.63) is 40.4 Å². The molecular formula is C21H23N3O3S. The Morgan fingerprint density at radius 1 is 1.18 bits per heavy atom. The Bertz CT molecular complexity index is 1030. The molecule has 2 aromatic heterocycles. The van der Waals surface area contributed by atoms with Crippen molar-refractivity contribution in [1.29, 1.82) is 0 Å². The maximum atomic E-state index is 13.2. The second-order valence-corrected chi connectivity index (χ2v) is 8.67. The molecule has 3 heterocycles. The van der Waals surface area contributed by atoms with Gasteiger partial charge in [-0.05, 0) is 43.5 Å². The summed E-state index contributed by atoms with van der Waals surface area (Å²) >= 11 is 1.50. The Balaban J connectivity index is 1.47. The number of benzene rings is 1. The fourth-order valence-electron chi connectivity index (χ4n) is 4.40. The van der Waals surface area contributed by atoms with Crippen LogP contribution in [0.1, 0.15) is 46.6 Å². The molecular weight excluding hydrogens is 374 g/mol. The molecule has 0 saturated heterocycles. The number of thiophene rings is 1. The number of aromatic nitrogens is 2. The summed E-state index contributed by atoms with van der Waals surface area (Å²) in [6.45, 7) is 3.11. The molecule has 6 nitrogen and oxygen atoms in total. The van der Waals surface area contributed by atoms with Gasteiger partial charge in [-0.25, -0.2) is 0 Å². The van der Waals surface area contributed by atoms with Crippen LogP contribution < -0.4 is 14.8 Å². The SMILES string of the molecule is Cc1nn(C)c2sc(C(=O)NC3(c4ccc5c(c4)OCCO5)CCCC3)cc12. The molecule has 5 rings (SSSR count). The normalized spacial score (nSPS) is 17.8. The molecule has 1 fully saturated rings. The molecule has 1 saturated carbocycles. The average molecular weight is 398 g/mol. The average Bonchev–Trinajstić information content (AvgIpc) is 3.40. The molecule has 3 aromatic rings. The van der Waals surface area contributed by atoms with E-state index in [0.717, 1.165) is 63.5 Å². The molecule has 0 atom stereocenters. The van der Waals surface area contributed by atoms with Crippen molar-refractivity contribution in [2.75, 3.05) is 13.2 Å². The third-order valence-corrected chi connectivity index (χ3v) is 7.03. The fraction of sp³-hybridized carbons (Fsp3) is 0.429. The summed E-state index contributed by atoms with van der Waals surface area (Å²) in [4.78, 5) is 14.9. The summed E-state index contributed by atoms with van der Waals surface area (Å²) in [6, 6.07) is 8.03. The maximum absolute atomic E-state index is 13.2. The maximum Gasteiger partial charge on any atom is 0.262 e. The van der Waals surface area contributed by atoms with Crippen molar-refractivity contribution in [1.82, 2.24) is 15.1 Å². The lowest BCUT2D eigenvalue weighted by molar-refractivity contribution is 0.0902. The Kier molecular flexibility index (Phi) is 4.08. The number of nitrogens with zero attached hydrogens (tertiary/aromatic N) is 2. The lowest BCUT2D eigenvalue weighted by atomic mass is 9.87. The number of fused-ring (bicyclic) bond motifs is 2. The number of carbonyl (C=O) groups is 1. The van der Waals surface area contributed by atoms with Crippen molar-refractivity contribution in [3.8, 4) is 11.5 Å². The minimum absolute atomic E-state index is 0.0163. The number of amides is 1. The summed E-state index contributed by atoms with van der Waals surface area (Å²) < 4.78 is 13.3. The van der Waals surface area contributed by atoms with Gasteiger partial charge in [-0.1, -0.05) is 18.9 Å². The monoisotopic (exact) mass is 397 g/mol. The number of aryl methyl sites for hydroxylation is 2. The summed E-state index contributed by atoms with van der Waals surface area (Å²) in [6.07, 6.45) is 4.07. The second kappa shape index (κ2) is 6.51. The van der Waals surface area contributed by atoms with E-state index in [1.807, 2.05) is 36.9 Å². The second-order valence-electron chi connectivity index (χ2n) is 7.64. The molecule has 1 aliphatic heterocycles. The first-order chi connectivity index (χ1) is 13.6. The Hall–Kier alpha value is -2.54. The predicted octanol–water partition coefficient (Wildman–Crippen LogP) is 3.91. The third-order valence-electron chi connectivity index (χ3n) is 5.82. The van der Waals surface area contributed by atoms with Gasteiger partial charge >= 0.3 is 0 Å². The van der Waals surface area contributed by atoms with Crippen LogP contribution in [0.2, 0.25) is 0 Å². The zero-order valence-electron chi connectivity index (χ0n) is 16.1. The van der Waals surface area contributed by atoms with Gasteiger partial charge < -0.3 is 14.8 Å². The molecule has 2 aliphatic rings. The van der Waals surface area contributed by atoms with Crippen LogP contribution in [0.25, 0.3) is 10.2 Å². The molecule has 146 valence electrons. The van der Waals surface area contributed by atoms with Gasteiger partial charge in [0.1, 0.15) is 18.0 Å². The van der Waals surface area contributed by atoms with Crippen LogP contribution in [0.4, 0.5) is 0 Å². The zero-order chi connectivity index (χ0) is 19.3. The van der Waals surface area contributed by atoms with Crippen molar-refractivity contribution in [2.24, 2.45) is 7.05 Å². The molecule has 0 bridgehead atoms. The highest BCUT2D eigenvalue weighted by molar-refractivity contribution is 7.20. The number of rotatable bonds is 3. The molecule has 0 unspecified atom stereocenters. The standard InChI is InChI=1S/C21H23N3O3S/c1-13-15-12-18(28-20(15)24(2)23-13)19(25)22-21(7-3-4-8-21)14-5-6-16-17(11-14)27-10-9-26-16/h5-6,11-12H,3-4,7-10H2,1-2H3,(H,22,25).